The Morgan fingerprint density at radius 3 is 2.58 bits per heavy atom. The second kappa shape index (κ2) is 8.24. The van der Waals surface area contributed by atoms with Crippen molar-refractivity contribution in [2.75, 3.05) is 19.6 Å². The van der Waals surface area contributed by atoms with Crippen LogP contribution in [0.1, 0.15) is 19.4 Å². The summed E-state index contributed by atoms with van der Waals surface area (Å²) in [6.07, 6.45) is 1.11. The van der Waals surface area contributed by atoms with Crippen molar-refractivity contribution in [2.24, 2.45) is 4.99 Å². The molecule has 1 aliphatic rings. The highest BCUT2D eigenvalue weighted by molar-refractivity contribution is 14.0. The maximum absolute atomic E-state index is 5.85. The van der Waals surface area contributed by atoms with Gasteiger partial charge >= 0.3 is 0 Å². The molecule has 4 nitrogen and oxygen atoms in total. The lowest BCUT2D eigenvalue weighted by molar-refractivity contribution is 0.241. The van der Waals surface area contributed by atoms with E-state index in [2.05, 4.69) is 41.6 Å². The Bertz CT molecular complexity index is 390. The molecule has 1 aromatic carbocycles. The van der Waals surface area contributed by atoms with Gasteiger partial charge in [-0.1, -0.05) is 18.2 Å². The van der Waals surface area contributed by atoms with Crippen LogP contribution in [0, 0.1) is 0 Å². The van der Waals surface area contributed by atoms with Crippen molar-refractivity contribution in [3.8, 4) is 5.75 Å². The number of hydrogen-bond donors (Lipinski definition) is 2. The second-order valence-electron chi connectivity index (χ2n) is 4.30. The van der Waals surface area contributed by atoms with Crippen LogP contribution in [0.15, 0.2) is 29.3 Å². The zero-order valence-corrected chi connectivity index (χ0v) is 13.8. The highest BCUT2D eigenvalue weighted by atomic mass is 127. The standard InChI is InChI=1S/C14H21N3O.HI/c1-3-15-14(16-4-2)17-10-12-9-11-7-5-6-8-13(11)18-12;/h5-8,12H,3-4,9-10H2,1-2H3,(H2,15,16,17);1H. The van der Waals surface area contributed by atoms with Gasteiger partial charge in [-0.25, -0.2) is 4.99 Å². The predicted octanol–water partition coefficient (Wildman–Crippen LogP) is 2.18. The van der Waals surface area contributed by atoms with E-state index in [4.69, 9.17) is 4.74 Å². The molecule has 0 saturated heterocycles. The fourth-order valence-corrected chi connectivity index (χ4v) is 2.06. The van der Waals surface area contributed by atoms with Crippen LogP contribution >= 0.6 is 24.0 Å². The van der Waals surface area contributed by atoms with Crippen molar-refractivity contribution in [1.82, 2.24) is 10.6 Å². The minimum Gasteiger partial charge on any atom is -0.488 e. The molecule has 19 heavy (non-hydrogen) atoms. The van der Waals surface area contributed by atoms with Crippen molar-refractivity contribution in [1.29, 1.82) is 0 Å². The minimum atomic E-state index is 0. The summed E-state index contributed by atoms with van der Waals surface area (Å²) in [5, 5.41) is 6.42. The Balaban J connectivity index is 0.00000180. The highest BCUT2D eigenvalue weighted by Crippen LogP contribution is 2.27. The molecule has 0 aliphatic carbocycles. The molecule has 1 unspecified atom stereocenters. The number of ether oxygens (including phenoxy) is 1. The Labute approximate surface area is 132 Å². The normalized spacial score (nSPS) is 15.8. The smallest absolute Gasteiger partial charge is 0.191 e. The molecule has 0 radical (unpaired) electrons. The molecule has 1 aliphatic heterocycles. The first kappa shape index (κ1) is 16.1. The fourth-order valence-electron chi connectivity index (χ4n) is 2.06. The third kappa shape index (κ3) is 4.56. The van der Waals surface area contributed by atoms with Crippen LogP contribution < -0.4 is 15.4 Å². The third-order valence-electron chi connectivity index (χ3n) is 2.86. The first-order chi connectivity index (χ1) is 8.83. The number of fused-ring (bicyclic) bond motifs is 1. The minimum absolute atomic E-state index is 0. The van der Waals surface area contributed by atoms with E-state index in [1.807, 2.05) is 12.1 Å². The lowest BCUT2D eigenvalue weighted by Gasteiger charge is -2.11. The molecule has 0 saturated carbocycles. The van der Waals surface area contributed by atoms with E-state index in [-0.39, 0.29) is 30.1 Å². The Morgan fingerprint density at radius 1 is 1.26 bits per heavy atom. The summed E-state index contributed by atoms with van der Waals surface area (Å²) in [5.41, 5.74) is 1.28. The van der Waals surface area contributed by atoms with Crippen molar-refractivity contribution >= 4 is 29.9 Å². The first-order valence-electron chi connectivity index (χ1n) is 6.60. The topological polar surface area (TPSA) is 45.7 Å². The monoisotopic (exact) mass is 375 g/mol. The van der Waals surface area contributed by atoms with Crippen molar-refractivity contribution < 1.29 is 4.74 Å². The van der Waals surface area contributed by atoms with Gasteiger partial charge in [-0.15, -0.1) is 24.0 Å². The van der Waals surface area contributed by atoms with Gasteiger partial charge in [0.05, 0.1) is 6.54 Å². The number of guanidine groups is 1. The molecule has 0 amide bonds. The lowest BCUT2D eigenvalue weighted by atomic mass is 10.1. The van der Waals surface area contributed by atoms with Crippen LogP contribution in [0.3, 0.4) is 0 Å². The number of nitrogens with one attached hydrogen (secondary N) is 2. The number of hydrogen-bond acceptors (Lipinski definition) is 2. The molecule has 2 N–H and O–H groups in total. The number of benzene rings is 1. The zero-order valence-electron chi connectivity index (χ0n) is 11.5. The SMILES string of the molecule is CCNC(=NCC1Cc2ccccc2O1)NCC.I. The van der Waals surface area contributed by atoms with E-state index >= 15 is 0 Å². The zero-order chi connectivity index (χ0) is 12.8. The predicted molar refractivity (Wildman–Crippen MR) is 89.6 cm³/mol. The third-order valence-corrected chi connectivity index (χ3v) is 2.86. The summed E-state index contributed by atoms with van der Waals surface area (Å²) in [6.45, 7) is 6.56. The van der Waals surface area contributed by atoms with Gasteiger partial charge in [0, 0.05) is 19.5 Å². The van der Waals surface area contributed by atoms with Gasteiger partial charge < -0.3 is 15.4 Å². The van der Waals surface area contributed by atoms with E-state index in [9.17, 15) is 0 Å². The molecule has 1 aromatic rings. The average molecular weight is 375 g/mol. The van der Waals surface area contributed by atoms with Crippen LogP contribution in [-0.2, 0) is 6.42 Å². The van der Waals surface area contributed by atoms with Crippen LogP contribution in [0.25, 0.3) is 0 Å². The summed E-state index contributed by atoms with van der Waals surface area (Å²) in [6, 6.07) is 8.20. The van der Waals surface area contributed by atoms with E-state index in [0.29, 0.717) is 6.54 Å². The van der Waals surface area contributed by atoms with Gasteiger partial charge in [0.15, 0.2) is 5.96 Å². The molecule has 106 valence electrons. The van der Waals surface area contributed by atoms with Crippen LogP contribution in [0.2, 0.25) is 0 Å². The summed E-state index contributed by atoms with van der Waals surface area (Å²) in [5.74, 6) is 1.87. The van der Waals surface area contributed by atoms with Crippen LogP contribution in [-0.4, -0.2) is 31.7 Å². The van der Waals surface area contributed by atoms with Crippen LogP contribution in [0.4, 0.5) is 0 Å². The fraction of sp³-hybridized carbons (Fsp3) is 0.500. The number of para-hydroxylation sites is 1. The van der Waals surface area contributed by atoms with E-state index in [1.165, 1.54) is 5.56 Å². The molecular weight excluding hydrogens is 353 g/mol. The van der Waals surface area contributed by atoms with E-state index in [0.717, 1.165) is 31.2 Å². The van der Waals surface area contributed by atoms with E-state index in [1.54, 1.807) is 0 Å². The van der Waals surface area contributed by atoms with Gasteiger partial charge in [0.1, 0.15) is 11.9 Å². The van der Waals surface area contributed by atoms with Gasteiger partial charge in [-0.05, 0) is 25.5 Å². The largest absolute Gasteiger partial charge is 0.488 e. The average Bonchev–Trinajstić information content (AvgIpc) is 2.79. The first-order valence-corrected chi connectivity index (χ1v) is 6.60. The number of rotatable bonds is 4. The number of halogens is 1. The van der Waals surface area contributed by atoms with Crippen LogP contribution in [0.5, 0.6) is 5.75 Å². The molecule has 0 spiro atoms. The number of aliphatic imine (C=N–C) groups is 1. The Hall–Kier alpha value is -0.980. The number of nitrogens with zero attached hydrogens (tertiary/aromatic N) is 1. The summed E-state index contributed by atoms with van der Waals surface area (Å²) >= 11 is 0. The lowest BCUT2D eigenvalue weighted by Crippen LogP contribution is -2.38. The maximum Gasteiger partial charge on any atom is 0.191 e. The van der Waals surface area contributed by atoms with Gasteiger partial charge in [-0.2, -0.15) is 0 Å². The van der Waals surface area contributed by atoms with Gasteiger partial charge in [0.2, 0.25) is 0 Å². The molecular formula is C14H22IN3O. The van der Waals surface area contributed by atoms with Crippen molar-refractivity contribution in [3.63, 3.8) is 0 Å². The molecule has 5 heteroatoms. The Kier molecular flexibility index (Phi) is 6.97. The quantitative estimate of drug-likeness (QED) is 0.482. The van der Waals surface area contributed by atoms with Crippen molar-refractivity contribution in [3.05, 3.63) is 29.8 Å². The summed E-state index contributed by atoms with van der Waals surface area (Å²) < 4.78 is 5.85. The maximum atomic E-state index is 5.85. The molecule has 2 rings (SSSR count). The molecule has 1 atom stereocenters. The highest BCUT2D eigenvalue weighted by Gasteiger charge is 2.21. The summed E-state index contributed by atoms with van der Waals surface area (Å²) in [7, 11) is 0. The molecule has 0 bridgehead atoms. The molecule has 1 heterocycles. The van der Waals surface area contributed by atoms with E-state index < -0.39 is 0 Å². The molecule has 0 fully saturated rings. The van der Waals surface area contributed by atoms with Gasteiger partial charge in [0.25, 0.3) is 0 Å². The van der Waals surface area contributed by atoms with Crippen molar-refractivity contribution in [2.45, 2.75) is 26.4 Å². The van der Waals surface area contributed by atoms with Gasteiger partial charge in [-0.3, -0.25) is 0 Å². The second-order valence-corrected chi connectivity index (χ2v) is 4.30. The molecule has 0 aromatic heterocycles. The summed E-state index contributed by atoms with van der Waals surface area (Å²) in [4.78, 5) is 4.54. The Morgan fingerprint density at radius 2 is 1.95 bits per heavy atom.